The second-order valence-corrected chi connectivity index (χ2v) is 9.69. The molecule has 12 heteroatoms. The average Bonchev–Trinajstić information content (AvgIpc) is 2.91. The Morgan fingerprint density at radius 2 is 1.44 bits per heavy atom. The Hall–Kier alpha value is -3.47. The normalized spacial score (nSPS) is 12.7. The Morgan fingerprint density at radius 1 is 0.780 bits per heavy atom. The number of rotatable bonds is 8. The van der Waals surface area contributed by atoms with E-state index in [1.807, 2.05) is 0 Å². The van der Waals surface area contributed by atoms with Gasteiger partial charge in [-0.1, -0.05) is 53.5 Å². The van der Waals surface area contributed by atoms with Crippen molar-refractivity contribution < 1.29 is 40.6 Å². The molecule has 1 atom stereocenters. The minimum Gasteiger partial charge on any atom is -0.456 e. The van der Waals surface area contributed by atoms with Crippen LogP contribution in [0, 0.1) is 5.82 Å². The van der Waals surface area contributed by atoms with Crippen molar-refractivity contribution in [3.63, 3.8) is 0 Å². The van der Waals surface area contributed by atoms with Crippen molar-refractivity contribution in [2.75, 3.05) is 11.5 Å². The van der Waals surface area contributed by atoms with Gasteiger partial charge in [-0.2, -0.15) is 26.3 Å². The standard InChI is InChI=1S/C29H20Cl2F7NO2/c30-23-8-3-9-26(27(23)31)41-22-7-2-6-21(14-22)39(15-18-10-11-20(13-24(18)32)29(36,37)38)25(16-40)17-4-1-5-19(12-17)28(33,34)35/h1-14,25,40H,15-16H2. The van der Waals surface area contributed by atoms with E-state index in [1.54, 1.807) is 30.3 Å². The van der Waals surface area contributed by atoms with Gasteiger partial charge in [0.05, 0.1) is 28.8 Å². The number of alkyl halides is 6. The van der Waals surface area contributed by atoms with Gasteiger partial charge < -0.3 is 14.7 Å². The largest absolute Gasteiger partial charge is 0.456 e. The summed E-state index contributed by atoms with van der Waals surface area (Å²) in [5.74, 6) is -0.762. The molecule has 4 aromatic rings. The van der Waals surface area contributed by atoms with Gasteiger partial charge >= 0.3 is 12.4 Å². The van der Waals surface area contributed by atoms with E-state index >= 15 is 0 Å². The summed E-state index contributed by atoms with van der Waals surface area (Å²) in [6.45, 7) is -1.12. The first kappa shape index (κ1) is 30.5. The summed E-state index contributed by atoms with van der Waals surface area (Å²) in [5, 5.41) is 10.7. The lowest BCUT2D eigenvalue weighted by atomic mass is 10.0. The third kappa shape index (κ3) is 7.25. The number of hydrogen-bond acceptors (Lipinski definition) is 3. The van der Waals surface area contributed by atoms with Crippen molar-refractivity contribution in [2.24, 2.45) is 0 Å². The molecule has 0 saturated carbocycles. The highest BCUT2D eigenvalue weighted by Crippen LogP contribution is 2.39. The molecule has 0 bridgehead atoms. The monoisotopic (exact) mass is 617 g/mol. The van der Waals surface area contributed by atoms with Crippen molar-refractivity contribution >= 4 is 28.9 Å². The molecule has 0 saturated heterocycles. The third-order valence-electron chi connectivity index (χ3n) is 6.16. The van der Waals surface area contributed by atoms with Gasteiger partial charge in [0, 0.05) is 23.9 Å². The van der Waals surface area contributed by atoms with E-state index < -0.39 is 48.5 Å². The molecule has 0 spiro atoms. The fourth-order valence-electron chi connectivity index (χ4n) is 4.14. The van der Waals surface area contributed by atoms with Crippen molar-refractivity contribution in [3.8, 4) is 11.5 Å². The molecule has 0 radical (unpaired) electrons. The van der Waals surface area contributed by atoms with Crippen LogP contribution in [0.25, 0.3) is 0 Å². The van der Waals surface area contributed by atoms with E-state index in [0.29, 0.717) is 12.1 Å². The minimum atomic E-state index is -4.78. The highest BCUT2D eigenvalue weighted by molar-refractivity contribution is 6.42. The van der Waals surface area contributed by atoms with Crippen LogP contribution in [0.2, 0.25) is 10.0 Å². The van der Waals surface area contributed by atoms with E-state index in [0.717, 1.165) is 18.2 Å². The van der Waals surface area contributed by atoms with Gasteiger partial charge in [-0.3, -0.25) is 0 Å². The molecule has 0 fully saturated rings. The van der Waals surface area contributed by atoms with Crippen molar-refractivity contribution in [1.82, 2.24) is 0 Å². The molecule has 0 aliphatic rings. The maximum absolute atomic E-state index is 14.9. The van der Waals surface area contributed by atoms with E-state index in [2.05, 4.69) is 0 Å². The van der Waals surface area contributed by atoms with Gasteiger partial charge in [0.15, 0.2) is 0 Å². The molecule has 1 N–H and O–H groups in total. The first-order chi connectivity index (χ1) is 19.3. The predicted molar refractivity (Wildman–Crippen MR) is 142 cm³/mol. The molecular formula is C29H20Cl2F7NO2. The fourth-order valence-corrected chi connectivity index (χ4v) is 4.47. The van der Waals surface area contributed by atoms with E-state index in [-0.39, 0.29) is 38.4 Å². The molecule has 0 aliphatic heterocycles. The van der Waals surface area contributed by atoms with Crippen LogP contribution in [0.5, 0.6) is 11.5 Å². The Kier molecular flexibility index (Phi) is 9.06. The third-order valence-corrected chi connectivity index (χ3v) is 6.96. The number of halogens is 9. The van der Waals surface area contributed by atoms with E-state index in [9.17, 15) is 35.8 Å². The smallest absolute Gasteiger partial charge is 0.416 e. The van der Waals surface area contributed by atoms with Crippen LogP contribution in [-0.4, -0.2) is 11.7 Å². The van der Waals surface area contributed by atoms with Crippen LogP contribution in [0.3, 0.4) is 0 Å². The Morgan fingerprint density at radius 3 is 2.10 bits per heavy atom. The lowest BCUT2D eigenvalue weighted by molar-refractivity contribution is -0.138. The van der Waals surface area contributed by atoms with Gasteiger partial charge in [-0.25, -0.2) is 4.39 Å². The number of benzene rings is 4. The van der Waals surface area contributed by atoms with Crippen LogP contribution in [0.4, 0.5) is 36.4 Å². The summed E-state index contributed by atoms with van der Waals surface area (Å²) >= 11 is 12.3. The fraction of sp³-hybridized carbons (Fsp3) is 0.172. The second kappa shape index (κ2) is 12.2. The van der Waals surface area contributed by atoms with Crippen molar-refractivity contribution in [3.05, 3.63) is 123 Å². The molecule has 0 aromatic heterocycles. The molecule has 41 heavy (non-hydrogen) atoms. The second-order valence-electron chi connectivity index (χ2n) is 8.90. The summed E-state index contributed by atoms with van der Waals surface area (Å²) < 4.78 is 100. The maximum atomic E-state index is 14.9. The zero-order valence-electron chi connectivity index (χ0n) is 20.8. The molecule has 4 aromatic carbocycles. The lowest BCUT2D eigenvalue weighted by Gasteiger charge is -2.34. The van der Waals surface area contributed by atoms with Gasteiger partial charge in [0.25, 0.3) is 0 Å². The van der Waals surface area contributed by atoms with Crippen LogP contribution < -0.4 is 9.64 Å². The maximum Gasteiger partial charge on any atom is 0.416 e. The number of ether oxygens (including phenoxy) is 1. The van der Waals surface area contributed by atoms with Crippen LogP contribution >= 0.6 is 23.2 Å². The first-order valence-electron chi connectivity index (χ1n) is 11.9. The molecule has 3 nitrogen and oxygen atoms in total. The summed E-state index contributed by atoms with van der Waals surface area (Å²) in [4.78, 5) is 1.37. The van der Waals surface area contributed by atoms with Gasteiger partial charge in [-0.05, 0) is 54.1 Å². The lowest BCUT2D eigenvalue weighted by Crippen LogP contribution is -2.31. The quantitative estimate of drug-likeness (QED) is 0.200. The molecule has 216 valence electrons. The van der Waals surface area contributed by atoms with Crippen LogP contribution in [-0.2, 0) is 18.9 Å². The number of anilines is 1. The van der Waals surface area contributed by atoms with Gasteiger partial charge in [-0.15, -0.1) is 0 Å². The number of aliphatic hydroxyl groups is 1. The molecule has 0 aliphatic carbocycles. The number of hydrogen-bond donors (Lipinski definition) is 1. The molecule has 4 rings (SSSR count). The summed E-state index contributed by atoms with van der Waals surface area (Å²) in [7, 11) is 0. The Balaban J connectivity index is 1.79. The van der Waals surface area contributed by atoms with E-state index in [1.165, 1.54) is 29.2 Å². The van der Waals surface area contributed by atoms with E-state index in [4.69, 9.17) is 27.9 Å². The SMILES string of the molecule is OCC(c1cccc(C(F)(F)F)c1)N(Cc1ccc(C(F)(F)F)cc1F)c1cccc(Oc2cccc(Cl)c2Cl)c1. The topological polar surface area (TPSA) is 32.7 Å². The molecule has 0 heterocycles. The average molecular weight is 618 g/mol. The van der Waals surface area contributed by atoms with Gasteiger partial charge in [0.1, 0.15) is 22.3 Å². The molecule has 1 unspecified atom stereocenters. The van der Waals surface area contributed by atoms with Crippen LogP contribution in [0.1, 0.15) is 28.3 Å². The molecular weight excluding hydrogens is 598 g/mol. The predicted octanol–water partition coefficient (Wildman–Crippen LogP) is 9.70. The summed E-state index contributed by atoms with van der Waals surface area (Å²) in [5.41, 5.74) is -2.06. The van der Waals surface area contributed by atoms with Crippen LogP contribution in [0.15, 0.2) is 84.9 Å². The van der Waals surface area contributed by atoms with Gasteiger partial charge in [0.2, 0.25) is 0 Å². The minimum absolute atomic E-state index is 0.0406. The first-order valence-corrected chi connectivity index (χ1v) is 12.7. The number of aliphatic hydroxyl groups excluding tert-OH is 1. The Bertz CT molecular complexity index is 1530. The highest BCUT2D eigenvalue weighted by Gasteiger charge is 2.33. The van der Waals surface area contributed by atoms with Crippen molar-refractivity contribution in [1.29, 1.82) is 0 Å². The Labute approximate surface area is 240 Å². The zero-order valence-corrected chi connectivity index (χ0v) is 22.3. The van der Waals surface area contributed by atoms with Crippen molar-refractivity contribution in [2.45, 2.75) is 24.9 Å². The highest BCUT2D eigenvalue weighted by atomic mass is 35.5. The summed E-state index contributed by atoms with van der Waals surface area (Å²) in [6.07, 6.45) is -9.46. The zero-order chi connectivity index (χ0) is 29.9. The molecule has 0 amide bonds. The number of nitrogens with zero attached hydrogens (tertiary/aromatic N) is 1. The summed E-state index contributed by atoms with van der Waals surface area (Å²) in [6, 6.07) is 15.9.